The molecule has 0 saturated heterocycles. The van der Waals surface area contributed by atoms with Crippen LogP contribution in [0, 0.1) is 27.7 Å². The number of carbonyl (C=O) groups excluding carboxylic acids is 1. The Balaban J connectivity index is 1.96. The SMILES string of the molecule is CCc1nnc(-c2c(C)c(C(=O)c3c(C)c(-c4nnc(CC)o4)n(CC(F)(F)F)c3C)c(C)n2CC(F)(F)F)o1. The predicted octanol–water partition coefficient (Wildman–Crippen LogP) is 6.10. The summed E-state index contributed by atoms with van der Waals surface area (Å²) in [5.41, 5.74) is -0.294. The fourth-order valence-electron chi connectivity index (χ4n) is 4.87. The summed E-state index contributed by atoms with van der Waals surface area (Å²) in [6, 6.07) is 0. The number of hydrogen-bond acceptors (Lipinski definition) is 7. The molecule has 4 aromatic heterocycles. The molecule has 9 nitrogen and oxygen atoms in total. The van der Waals surface area contributed by atoms with Gasteiger partial charge in [0.05, 0.1) is 0 Å². The molecule has 0 aromatic carbocycles. The number of carbonyl (C=O) groups is 1. The molecule has 0 N–H and O–H groups in total. The van der Waals surface area contributed by atoms with Gasteiger partial charge in [-0.15, -0.1) is 20.4 Å². The molecular formula is C25H26F6N6O3. The molecule has 0 aliphatic carbocycles. The molecule has 4 heterocycles. The number of rotatable bonds is 8. The molecule has 4 rings (SSSR count). The van der Waals surface area contributed by atoms with Gasteiger partial charge >= 0.3 is 12.4 Å². The van der Waals surface area contributed by atoms with Crippen molar-refractivity contribution < 1.29 is 40.0 Å². The highest BCUT2D eigenvalue weighted by atomic mass is 19.4. The van der Waals surface area contributed by atoms with Gasteiger partial charge in [0.1, 0.15) is 24.5 Å². The highest BCUT2D eigenvalue weighted by Gasteiger charge is 2.38. The molecule has 0 aliphatic heterocycles. The Labute approximate surface area is 224 Å². The molecule has 0 atom stereocenters. The zero-order chi connectivity index (χ0) is 29.7. The van der Waals surface area contributed by atoms with E-state index in [1.807, 2.05) is 0 Å². The van der Waals surface area contributed by atoms with Gasteiger partial charge in [-0.05, 0) is 38.8 Å². The second-order valence-electron chi connectivity index (χ2n) is 9.31. The molecule has 0 fully saturated rings. The number of hydrogen-bond donors (Lipinski definition) is 0. The van der Waals surface area contributed by atoms with Crippen molar-refractivity contribution >= 4 is 5.78 Å². The molecule has 40 heavy (non-hydrogen) atoms. The molecule has 4 aromatic rings. The van der Waals surface area contributed by atoms with Crippen molar-refractivity contribution in [2.24, 2.45) is 0 Å². The maximum atomic E-state index is 14.1. The highest BCUT2D eigenvalue weighted by molar-refractivity contribution is 6.14. The Hall–Kier alpha value is -3.91. The van der Waals surface area contributed by atoms with Crippen LogP contribution in [0.4, 0.5) is 26.3 Å². The van der Waals surface area contributed by atoms with E-state index in [4.69, 9.17) is 8.83 Å². The fourth-order valence-corrected chi connectivity index (χ4v) is 4.87. The Morgan fingerprint density at radius 3 is 1.30 bits per heavy atom. The minimum atomic E-state index is -4.66. The van der Waals surface area contributed by atoms with E-state index < -0.39 is 31.2 Å². The van der Waals surface area contributed by atoms with Gasteiger partial charge in [0, 0.05) is 35.4 Å². The van der Waals surface area contributed by atoms with E-state index in [-0.39, 0.29) is 68.6 Å². The van der Waals surface area contributed by atoms with Crippen molar-refractivity contribution in [3.63, 3.8) is 0 Å². The maximum Gasteiger partial charge on any atom is 0.406 e. The van der Waals surface area contributed by atoms with Crippen molar-refractivity contribution in [3.8, 4) is 23.2 Å². The first-order valence-electron chi connectivity index (χ1n) is 12.3. The van der Waals surface area contributed by atoms with Gasteiger partial charge in [-0.1, -0.05) is 13.8 Å². The Morgan fingerprint density at radius 2 is 1.02 bits per heavy atom. The third kappa shape index (κ3) is 5.28. The van der Waals surface area contributed by atoms with E-state index in [0.717, 1.165) is 9.13 Å². The molecule has 0 unspecified atom stereocenters. The molecule has 216 valence electrons. The van der Waals surface area contributed by atoms with Gasteiger partial charge < -0.3 is 18.0 Å². The zero-order valence-corrected chi connectivity index (χ0v) is 22.5. The van der Waals surface area contributed by atoms with E-state index in [9.17, 15) is 31.1 Å². The molecule has 0 spiro atoms. The third-order valence-electron chi connectivity index (χ3n) is 6.61. The van der Waals surface area contributed by atoms with Crippen molar-refractivity contribution in [1.82, 2.24) is 29.5 Å². The van der Waals surface area contributed by atoms with Crippen LogP contribution >= 0.6 is 0 Å². The zero-order valence-electron chi connectivity index (χ0n) is 22.5. The first-order valence-corrected chi connectivity index (χ1v) is 12.3. The largest absolute Gasteiger partial charge is 0.419 e. The summed E-state index contributed by atoms with van der Waals surface area (Å²) in [6.07, 6.45) is -8.66. The standard InChI is InChI=1S/C25H26F6N6O3/c1-7-15-32-34-22(39-15)19-11(3)17(13(5)36(19)9-24(26,27)28)21(38)18-12(4)20(23-35-33-16(8-2)40-23)37(14(18)6)10-25(29,30)31/h7-10H2,1-6H3. The normalized spacial score (nSPS) is 12.5. The van der Waals surface area contributed by atoms with Crippen LogP contribution in [-0.2, 0) is 25.9 Å². The second-order valence-corrected chi connectivity index (χ2v) is 9.31. The monoisotopic (exact) mass is 572 g/mol. The van der Waals surface area contributed by atoms with Gasteiger partial charge in [0.2, 0.25) is 11.8 Å². The number of aromatic nitrogens is 6. The lowest BCUT2D eigenvalue weighted by Gasteiger charge is -2.13. The first kappa shape index (κ1) is 29.1. The molecule has 0 radical (unpaired) electrons. The average molecular weight is 573 g/mol. The smallest absolute Gasteiger partial charge is 0.406 e. The summed E-state index contributed by atoms with van der Waals surface area (Å²) < 4.78 is 94.4. The Bertz CT molecular complexity index is 1460. The first-order chi connectivity index (χ1) is 18.6. The summed E-state index contributed by atoms with van der Waals surface area (Å²) >= 11 is 0. The topological polar surface area (TPSA) is 105 Å². The van der Waals surface area contributed by atoms with Gasteiger partial charge in [0.15, 0.2) is 5.78 Å². The van der Waals surface area contributed by atoms with Crippen LogP contribution in [0.25, 0.3) is 23.2 Å². The number of nitrogens with zero attached hydrogens (tertiary/aromatic N) is 6. The summed E-state index contributed by atoms with van der Waals surface area (Å²) in [5.74, 6) is -0.803. The average Bonchev–Trinajstić information content (AvgIpc) is 3.59. The van der Waals surface area contributed by atoms with E-state index >= 15 is 0 Å². The van der Waals surface area contributed by atoms with Crippen molar-refractivity contribution in [1.29, 1.82) is 0 Å². The number of alkyl halides is 6. The Kier molecular flexibility index (Phi) is 7.45. The predicted molar refractivity (Wildman–Crippen MR) is 129 cm³/mol. The quantitative estimate of drug-likeness (QED) is 0.186. The van der Waals surface area contributed by atoms with Crippen LogP contribution in [0.3, 0.4) is 0 Å². The van der Waals surface area contributed by atoms with Gasteiger partial charge in [-0.3, -0.25) is 4.79 Å². The van der Waals surface area contributed by atoms with Crippen LogP contribution in [-0.4, -0.2) is 47.7 Å². The molecule has 15 heteroatoms. The van der Waals surface area contributed by atoms with E-state index in [1.165, 1.54) is 27.7 Å². The number of ketones is 1. The van der Waals surface area contributed by atoms with Gasteiger partial charge in [-0.2, -0.15) is 26.3 Å². The lowest BCUT2D eigenvalue weighted by Crippen LogP contribution is -2.20. The Morgan fingerprint density at radius 1 is 0.675 bits per heavy atom. The molecule has 0 amide bonds. The minimum Gasteiger partial charge on any atom is -0.419 e. The van der Waals surface area contributed by atoms with Crippen molar-refractivity contribution in [2.75, 3.05) is 0 Å². The molecular weight excluding hydrogens is 546 g/mol. The lowest BCUT2D eigenvalue weighted by molar-refractivity contribution is -0.141. The maximum absolute atomic E-state index is 14.1. The number of aryl methyl sites for hydroxylation is 2. The van der Waals surface area contributed by atoms with E-state index in [2.05, 4.69) is 20.4 Å². The highest BCUT2D eigenvalue weighted by Crippen LogP contribution is 2.38. The van der Waals surface area contributed by atoms with Crippen molar-refractivity contribution in [2.45, 2.75) is 79.8 Å². The summed E-state index contributed by atoms with van der Waals surface area (Å²) in [5, 5.41) is 15.4. The van der Waals surface area contributed by atoms with Gasteiger partial charge in [-0.25, -0.2) is 0 Å². The van der Waals surface area contributed by atoms with Gasteiger partial charge in [0.25, 0.3) is 11.8 Å². The van der Waals surface area contributed by atoms with Crippen LogP contribution < -0.4 is 0 Å². The van der Waals surface area contributed by atoms with Crippen LogP contribution in [0.15, 0.2) is 8.83 Å². The number of halogens is 6. The van der Waals surface area contributed by atoms with E-state index in [0.29, 0.717) is 12.8 Å². The summed E-state index contributed by atoms with van der Waals surface area (Å²) in [7, 11) is 0. The summed E-state index contributed by atoms with van der Waals surface area (Å²) in [4.78, 5) is 14.1. The van der Waals surface area contributed by atoms with E-state index in [1.54, 1.807) is 13.8 Å². The third-order valence-corrected chi connectivity index (χ3v) is 6.61. The fraction of sp³-hybridized carbons (Fsp3) is 0.480. The van der Waals surface area contributed by atoms with Crippen LogP contribution in [0.1, 0.15) is 64.1 Å². The lowest BCUT2D eigenvalue weighted by atomic mass is 9.96. The van der Waals surface area contributed by atoms with Crippen molar-refractivity contribution in [3.05, 3.63) is 45.4 Å². The van der Waals surface area contributed by atoms with Crippen LogP contribution in [0.2, 0.25) is 0 Å². The molecule has 0 aliphatic rings. The molecule has 0 saturated carbocycles. The second kappa shape index (κ2) is 10.2. The minimum absolute atomic E-state index is 0.0546. The molecule has 0 bridgehead atoms. The van der Waals surface area contributed by atoms with Crippen LogP contribution in [0.5, 0.6) is 0 Å². The summed E-state index contributed by atoms with van der Waals surface area (Å²) in [6.45, 7) is 6.07.